The van der Waals surface area contributed by atoms with Crippen LogP contribution in [0.3, 0.4) is 0 Å². The van der Waals surface area contributed by atoms with Gasteiger partial charge in [0.1, 0.15) is 6.04 Å². The van der Waals surface area contributed by atoms with E-state index in [4.69, 9.17) is 0 Å². The third kappa shape index (κ3) is 1.64. The van der Waals surface area contributed by atoms with Crippen molar-refractivity contribution in [1.82, 2.24) is 0 Å². The van der Waals surface area contributed by atoms with E-state index >= 15 is 0 Å². The second-order valence-corrected chi connectivity index (χ2v) is 4.39. The largest absolute Gasteiger partial charge is 0.480 e. The van der Waals surface area contributed by atoms with Gasteiger partial charge in [-0.2, -0.15) is 0 Å². The van der Waals surface area contributed by atoms with Gasteiger partial charge in [0.25, 0.3) is 0 Å². The lowest BCUT2D eigenvalue weighted by Crippen LogP contribution is -2.35. The molecular weight excluding hydrogens is 226 g/mol. The lowest BCUT2D eigenvalue weighted by atomic mass is 10.1. The van der Waals surface area contributed by atoms with Gasteiger partial charge in [-0.1, -0.05) is 36.4 Å². The fraction of sp³-hybridized carbons (Fsp3) is 0.133. The first-order valence-corrected chi connectivity index (χ1v) is 5.92. The SMILES string of the molecule is O=C(O)C1Cc2ccccc2N1c1ccccc1. The molecule has 1 heterocycles. The van der Waals surface area contributed by atoms with Gasteiger partial charge in [-0.05, 0) is 23.8 Å². The van der Waals surface area contributed by atoms with Crippen molar-refractivity contribution >= 4 is 17.3 Å². The number of hydrogen-bond donors (Lipinski definition) is 1. The van der Waals surface area contributed by atoms with E-state index in [2.05, 4.69) is 0 Å². The Bertz CT molecular complexity index is 580. The summed E-state index contributed by atoms with van der Waals surface area (Å²) in [5.74, 6) is -0.782. The maximum atomic E-state index is 11.4. The smallest absolute Gasteiger partial charge is 0.327 e. The molecule has 0 bridgehead atoms. The highest BCUT2D eigenvalue weighted by Gasteiger charge is 2.34. The van der Waals surface area contributed by atoms with E-state index in [0.717, 1.165) is 16.9 Å². The molecular formula is C15H13NO2. The zero-order valence-corrected chi connectivity index (χ0v) is 9.78. The summed E-state index contributed by atoms with van der Waals surface area (Å²) in [4.78, 5) is 13.3. The lowest BCUT2D eigenvalue weighted by Gasteiger charge is -2.24. The van der Waals surface area contributed by atoms with Crippen LogP contribution >= 0.6 is 0 Å². The molecule has 0 saturated heterocycles. The zero-order chi connectivity index (χ0) is 12.5. The topological polar surface area (TPSA) is 40.5 Å². The molecule has 2 aromatic rings. The third-order valence-corrected chi connectivity index (χ3v) is 3.30. The lowest BCUT2D eigenvalue weighted by molar-refractivity contribution is -0.138. The molecule has 2 aromatic carbocycles. The number of aliphatic carboxylic acids is 1. The van der Waals surface area contributed by atoms with E-state index in [-0.39, 0.29) is 0 Å². The second-order valence-electron chi connectivity index (χ2n) is 4.39. The van der Waals surface area contributed by atoms with Crippen LogP contribution in [0.25, 0.3) is 0 Å². The minimum atomic E-state index is -0.782. The molecule has 3 heteroatoms. The molecule has 18 heavy (non-hydrogen) atoms. The first-order valence-electron chi connectivity index (χ1n) is 5.92. The molecule has 0 amide bonds. The number of nitrogens with zero attached hydrogens (tertiary/aromatic N) is 1. The van der Waals surface area contributed by atoms with Gasteiger partial charge in [-0.25, -0.2) is 4.79 Å². The van der Waals surface area contributed by atoms with Gasteiger partial charge in [0.2, 0.25) is 0 Å². The van der Waals surface area contributed by atoms with E-state index in [1.54, 1.807) is 0 Å². The van der Waals surface area contributed by atoms with Crippen molar-refractivity contribution in [3.8, 4) is 0 Å². The number of benzene rings is 2. The first-order chi connectivity index (χ1) is 8.77. The predicted octanol–water partition coefficient (Wildman–Crippen LogP) is 2.83. The fourth-order valence-electron chi connectivity index (χ4n) is 2.49. The van der Waals surface area contributed by atoms with Gasteiger partial charge in [-0.3, -0.25) is 0 Å². The highest BCUT2D eigenvalue weighted by molar-refractivity contribution is 5.87. The summed E-state index contributed by atoms with van der Waals surface area (Å²) in [5, 5.41) is 9.38. The van der Waals surface area contributed by atoms with Gasteiger partial charge in [0, 0.05) is 17.8 Å². The van der Waals surface area contributed by atoms with Crippen molar-refractivity contribution in [2.45, 2.75) is 12.5 Å². The summed E-state index contributed by atoms with van der Waals surface area (Å²) < 4.78 is 0. The summed E-state index contributed by atoms with van der Waals surface area (Å²) in [6.07, 6.45) is 0.556. The van der Waals surface area contributed by atoms with E-state index in [9.17, 15) is 9.90 Å². The molecule has 0 aliphatic carbocycles. The summed E-state index contributed by atoms with van der Waals surface area (Å²) >= 11 is 0. The van der Waals surface area contributed by atoms with Crippen molar-refractivity contribution < 1.29 is 9.90 Å². The highest BCUT2D eigenvalue weighted by atomic mass is 16.4. The van der Waals surface area contributed by atoms with Crippen LogP contribution in [0, 0.1) is 0 Å². The molecule has 0 spiro atoms. The minimum Gasteiger partial charge on any atom is -0.480 e. The highest BCUT2D eigenvalue weighted by Crippen LogP contribution is 2.37. The Labute approximate surface area is 105 Å². The summed E-state index contributed by atoms with van der Waals surface area (Å²) in [5.41, 5.74) is 3.01. The Morgan fingerprint density at radius 3 is 2.44 bits per heavy atom. The maximum Gasteiger partial charge on any atom is 0.327 e. The third-order valence-electron chi connectivity index (χ3n) is 3.30. The molecule has 1 aliphatic rings. The summed E-state index contributed by atoms with van der Waals surface area (Å²) in [6.45, 7) is 0. The molecule has 90 valence electrons. The Morgan fingerprint density at radius 1 is 1.06 bits per heavy atom. The van der Waals surface area contributed by atoms with E-state index < -0.39 is 12.0 Å². The quantitative estimate of drug-likeness (QED) is 0.876. The fourth-order valence-corrected chi connectivity index (χ4v) is 2.49. The molecule has 0 saturated carbocycles. The van der Waals surface area contributed by atoms with Crippen LogP contribution in [-0.4, -0.2) is 17.1 Å². The van der Waals surface area contributed by atoms with Crippen molar-refractivity contribution in [3.63, 3.8) is 0 Å². The Morgan fingerprint density at radius 2 is 1.72 bits per heavy atom. The predicted molar refractivity (Wildman–Crippen MR) is 70.2 cm³/mol. The summed E-state index contributed by atoms with van der Waals surface area (Å²) in [6, 6.07) is 17.0. The average Bonchev–Trinajstić information content (AvgIpc) is 2.79. The Hall–Kier alpha value is -2.29. The Kier molecular flexibility index (Phi) is 2.52. The molecule has 1 aliphatic heterocycles. The minimum absolute atomic E-state index is 0.509. The molecule has 0 aromatic heterocycles. The van der Waals surface area contributed by atoms with Gasteiger partial charge in [0.15, 0.2) is 0 Å². The van der Waals surface area contributed by atoms with Gasteiger partial charge < -0.3 is 10.0 Å². The van der Waals surface area contributed by atoms with E-state index in [1.165, 1.54) is 0 Å². The van der Waals surface area contributed by atoms with Gasteiger partial charge >= 0.3 is 5.97 Å². The number of fused-ring (bicyclic) bond motifs is 1. The number of carboxylic acid groups (broad SMARTS) is 1. The second kappa shape index (κ2) is 4.18. The molecule has 0 radical (unpaired) electrons. The molecule has 3 nitrogen and oxygen atoms in total. The monoisotopic (exact) mass is 239 g/mol. The number of carbonyl (C=O) groups is 1. The van der Waals surface area contributed by atoms with E-state index in [0.29, 0.717) is 6.42 Å². The Balaban J connectivity index is 2.11. The van der Waals surface area contributed by atoms with Crippen LogP contribution in [0.2, 0.25) is 0 Å². The van der Waals surface area contributed by atoms with Crippen LogP contribution in [0.1, 0.15) is 5.56 Å². The molecule has 3 rings (SSSR count). The van der Waals surface area contributed by atoms with Gasteiger partial charge in [0.05, 0.1) is 0 Å². The van der Waals surface area contributed by atoms with Crippen LogP contribution in [-0.2, 0) is 11.2 Å². The molecule has 0 fully saturated rings. The maximum absolute atomic E-state index is 11.4. The van der Waals surface area contributed by atoms with Crippen molar-refractivity contribution in [3.05, 3.63) is 60.2 Å². The zero-order valence-electron chi connectivity index (χ0n) is 9.78. The molecule has 1 N–H and O–H groups in total. The van der Waals surface area contributed by atoms with Crippen LogP contribution in [0.15, 0.2) is 54.6 Å². The number of para-hydroxylation sites is 2. The summed E-state index contributed by atoms with van der Waals surface area (Å²) in [7, 11) is 0. The number of carboxylic acids is 1. The molecule has 1 atom stereocenters. The van der Waals surface area contributed by atoms with Crippen LogP contribution in [0.4, 0.5) is 11.4 Å². The number of anilines is 2. The standard InChI is InChI=1S/C15H13NO2/c17-15(18)14-10-11-6-4-5-9-13(11)16(14)12-7-2-1-3-8-12/h1-9,14H,10H2,(H,17,18). The number of hydrogen-bond acceptors (Lipinski definition) is 2. The van der Waals surface area contributed by atoms with Crippen molar-refractivity contribution in [1.29, 1.82) is 0 Å². The van der Waals surface area contributed by atoms with Crippen molar-refractivity contribution in [2.75, 3.05) is 4.90 Å². The normalized spacial score (nSPS) is 17.6. The van der Waals surface area contributed by atoms with Crippen molar-refractivity contribution in [2.24, 2.45) is 0 Å². The molecule has 1 unspecified atom stereocenters. The van der Waals surface area contributed by atoms with Crippen LogP contribution < -0.4 is 4.90 Å². The first kappa shape index (κ1) is 10.8. The average molecular weight is 239 g/mol. The van der Waals surface area contributed by atoms with Gasteiger partial charge in [-0.15, -0.1) is 0 Å². The number of rotatable bonds is 2. The van der Waals surface area contributed by atoms with E-state index in [1.807, 2.05) is 59.5 Å². The van der Waals surface area contributed by atoms with Crippen LogP contribution in [0.5, 0.6) is 0 Å².